The summed E-state index contributed by atoms with van der Waals surface area (Å²) in [5, 5.41) is 0.529. The van der Waals surface area contributed by atoms with Gasteiger partial charge < -0.3 is 4.74 Å². The minimum atomic E-state index is -2.72. The van der Waals surface area contributed by atoms with E-state index in [0.29, 0.717) is 32.9 Å². The van der Waals surface area contributed by atoms with Gasteiger partial charge in [0.15, 0.2) is 5.06 Å². The van der Waals surface area contributed by atoms with Crippen LogP contribution in [0, 0.1) is 5.92 Å². The maximum atomic E-state index is 13.4. The predicted molar refractivity (Wildman–Crippen MR) is 69.3 cm³/mol. The Hall–Kier alpha value is -0.490. The topological polar surface area (TPSA) is 26.3 Å². The molecule has 2 nitrogen and oxygen atoms in total. The molecule has 2 rings (SSSR count). The van der Waals surface area contributed by atoms with Crippen molar-refractivity contribution < 1.29 is 17.7 Å². The monoisotopic (exact) mass is 294 g/mol. The lowest BCUT2D eigenvalue weighted by atomic mass is 10.2. The van der Waals surface area contributed by atoms with Crippen molar-refractivity contribution in [2.45, 2.75) is 36.8 Å². The van der Waals surface area contributed by atoms with E-state index in [0.717, 1.165) is 0 Å². The first-order chi connectivity index (χ1) is 8.30. The molecule has 0 radical (unpaired) electrons. The maximum Gasteiger partial charge on any atom is 0.256 e. The van der Waals surface area contributed by atoms with Gasteiger partial charge in [0, 0.05) is 24.7 Å². The van der Waals surface area contributed by atoms with Crippen LogP contribution in [0.4, 0.5) is 8.78 Å². The summed E-state index contributed by atoms with van der Waals surface area (Å²) in [5.41, 5.74) is 1.11. The van der Waals surface area contributed by atoms with Crippen LogP contribution in [0.2, 0.25) is 0 Å². The number of hydrogen-bond acceptors (Lipinski definition) is 3. The molecule has 1 aromatic rings. The highest BCUT2D eigenvalue weighted by Crippen LogP contribution is 2.47. The minimum absolute atomic E-state index is 0.288. The summed E-state index contributed by atoms with van der Waals surface area (Å²) >= 11 is 1.26. The normalized spacial score (nSPS) is 19.0. The third-order valence-electron chi connectivity index (χ3n) is 2.72. The van der Waals surface area contributed by atoms with Crippen LogP contribution in [0.5, 0.6) is 5.06 Å². The molecule has 1 atom stereocenters. The van der Waals surface area contributed by atoms with Gasteiger partial charge in [-0.05, 0) is 11.5 Å². The first-order valence-electron chi connectivity index (χ1n) is 5.79. The molecule has 0 aromatic carbocycles. The summed E-state index contributed by atoms with van der Waals surface area (Å²) in [6.07, 6.45) is 0.928. The van der Waals surface area contributed by atoms with Crippen molar-refractivity contribution >= 4 is 22.1 Å². The smallest absolute Gasteiger partial charge is 0.256 e. The summed E-state index contributed by atoms with van der Waals surface area (Å²) in [5.74, 6) is -2.39. The fourth-order valence-corrected chi connectivity index (χ4v) is 4.15. The second kappa shape index (κ2) is 4.89. The third-order valence-corrected chi connectivity index (χ3v) is 5.43. The molecular weight excluding hydrogens is 278 g/mol. The lowest BCUT2D eigenvalue weighted by Crippen LogP contribution is -2.15. The summed E-state index contributed by atoms with van der Waals surface area (Å²) in [4.78, 5) is 0. The largest absolute Gasteiger partial charge is 0.483 e. The number of thiophene rings is 1. The van der Waals surface area contributed by atoms with E-state index in [-0.39, 0.29) is 12.8 Å². The molecule has 1 unspecified atom stereocenters. The van der Waals surface area contributed by atoms with Gasteiger partial charge in [-0.2, -0.15) is 0 Å². The summed E-state index contributed by atoms with van der Waals surface area (Å²) in [6, 6.07) is 0. The number of rotatable bonds is 4. The van der Waals surface area contributed by atoms with Gasteiger partial charge in [0.05, 0.1) is 21.6 Å². The van der Waals surface area contributed by atoms with Crippen LogP contribution < -0.4 is 4.74 Å². The SMILES string of the molecule is CC(C)COc1sc(S(C)=O)c2c1CC(F)(F)C2. The van der Waals surface area contributed by atoms with Gasteiger partial charge in [-0.3, -0.25) is 4.21 Å². The van der Waals surface area contributed by atoms with E-state index in [1.54, 1.807) is 0 Å². The Balaban J connectivity index is 2.33. The molecule has 0 bridgehead atoms. The number of halogens is 2. The fraction of sp³-hybridized carbons (Fsp3) is 0.667. The average Bonchev–Trinajstić information content (AvgIpc) is 2.68. The van der Waals surface area contributed by atoms with Crippen LogP contribution in [0.1, 0.15) is 25.0 Å². The molecule has 0 saturated heterocycles. The van der Waals surface area contributed by atoms with Crippen LogP contribution in [-0.4, -0.2) is 23.0 Å². The second-order valence-electron chi connectivity index (χ2n) is 5.00. The molecule has 0 fully saturated rings. The Morgan fingerprint density at radius 3 is 2.56 bits per heavy atom. The molecule has 102 valence electrons. The molecule has 1 heterocycles. The van der Waals surface area contributed by atoms with Gasteiger partial charge >= 0.3 is 0 Å². The first-order valence-corrected chi connectivity index (χ1v) is 8.16. The van der Waals surface area contributed by atoms with E-state index >= 15 is 0 Å². The Morgan fingerprint density at radius 2 is 2.00 bits per heavy atom. The fourth-order valence-electron chi connectivity index (χ4n) is 1.98. The lowest BCUT2D eigenvalue weighted by Gasteiger charge is -2.10. The predicted octanol–water partition coefficient (Wildman–Crippen LogP) is 3.25. The lowest BCUT2D eigenvalue weighted by molar-refractivity contribution is 0.0123. The summed E-state index contributed by atoms with van der Waals surface area (Å²) < 4.78 is 44.6. The van der Waals surface area contributed by atoms with Crippen LogP contribution >= 0.6 is 11.3 Å². The molecule has 1 aliphatic rings. The Kier molecular flexibility index (Phi) is 3.78. The van der Waals surface area contributed by atoms with Crippen molar-refractivity contribution in [3.8, 4) is 5.06 Å². The van der Waals surface area contributed by atoms with Gasteiger partial charge in [0.25, 0.3) is 5.92 Å². The molecular formula is C12H16F2O2S2. The van der Waals surface area contributed by atoms with Gasteiger partial charge in [0.1, 0.15) is 0 Å². The van der Waals surface area contributed by atoms with E-state index < -0.39 is 16.7 Å². The van der Waals surface area contributed by atoms with E-state index in [9.17, 15) is 13.0 Å². The van der Waals surface area contributed by atoms with Crippen molar-refractivity contribution in [1.82, 2.24) is 0 Å². The highest BCUT2D eigenvalue weighted by Gasteiger charge is 2.42. The van der Waals surface area contributed by atoms with Crippen molar-refractivity contribution in [2.24, 2.45) is 5.92 Å². The van der Waals surface area contributed by atoms with Crippen molar-refractivity contribution in [2.75, 3.05) is 12.9 Å². The van der Waals surface area contributed by atoms with Crippen molar-refractivity contribution in [1.29, 1.82) is 0 Å². The van der Waals surface area contributed by atoms with E-state index in [1.165, 1.54) is 17.6 Å². The van der Waals surface area contributed by atoms with Gasteiger partial charge in [-0.1, -0.05) is 25.2 Å². The van der Waals surface area contributed by atoms with Crippen LogP contribution in [0.3, 0.4) is 0 Å². The standard InChI is InChI=1S/C12H16F2O2S2/c1-7(2)6-16-10-8-4-12(13,14)5-9(8)11(17-10)18(3)15/h7H,4-6H2,1-3H3. The van der Waals surface area contributed by atoms with Crippen LogP contribution in [0.15, 0.2) is 4.21 Å². The molecule has 1 aliphatic carbocycles. The number of hydrogen-bond donors (Lipinski definition) is 0. The second-order valence-corrected chi connectivity index (χ2v) is 7.56. The van der Waals surface area contributed by atoms with Gasteiger partial charge in [-0.15, -0.1) is 0 Å². The average molecular weight is 294 g/mol. The number of fused-ring (bicyclic) bond motifs is 1. The summed E-state index contributed by atoms with van der Waals surface area (Å²) in [7, 11) is -1.23. The van der Waals surface area contributed by atoms with Gasteiger partial charge in [0.2, 0.25) is 0 Å². The van der Waals surface area contributed by atoms with Crippen molar-refractivity contribution in [3.63, 3.8) is 0 Å². The van der Waals surface area contributed by atoms with Crippen LogP contribution in [-0.2, 0) is 23.6 Å². The molecule has 0 amide bonds. The minimum Gasteiger partial charge on any atom is -0.483 e. The van der Waals surface area contributed by atoms with Crippen molar-refractivity contribution in [3.05, 3.63) is 11.1 Å². The maximum absolute atomic E-state index is 13.4. The highest BCUT2D eigenvalue weighted by atomic mass is 32.2. The zero-order valence-corrected chi connectivity index (χ0v) is 12.2. The van der Waals surface area contributed by atoms with E-state index in [2.05, 4.69) is 0 Å². The number of alkyl halides is 2. The molecule has 6 heteroatoms. The molecule has 0 saturated carbocycles. The molecule has 0 N–H and O–H groups in total. The first kappa shape index (κ1) is 13.9. The van der Waals surface area contributed by atoms with Crippen LogP contribution in [0.25, 0.3) is 0 Å². The molecule has 1 aromatic heterocycles. The zero-order valence-electron chi connectivity index (χ0n) is 10.6. The Morgan fingerprint density at radius 1 is 1.39 bits per heavy atom. The summed E-state index contributed by atoms with van der Waals surface area (Å²) in [6.45, 7) is 4.50. The zero-order chi connectivity index (χ0) is 13.5. The number of ether oxygens (including phenoxy) is 1. The molecule has 0 aliphatic heterocycles. The van der Waals surface area contributed by atoms with E-state index in [4.69, 9.17) is 4.74 Å². The van der Waals surface area contributed by atoms with Gasteiger partial charge in [-0.25, -0.2) is 8.78 Å². The van der Waals surface area contributed by atoms with E-state index in [1.807, 2.05) is 13.8 Å². The Labute approximate surface area is 112 Å². The Bertz CT molecular complexity index is 481. The molecule has 18 heavy (non-hydrogen) atoms. The highest BCUT2D eigenvalue weighted by molar-refractivity contribution is 7.86. The molecule has 0 spiro atoms. The third kappa shape index (κ3) is 2.74. The quantitative estimate of drug-likeness (QED) is 0.852.